The summed E-state index contributed by atoms with van der Waals surface area (Å²) >= 11 is 0. The number of hydrogen-bond donors (Lipinski definition) is 5. The summed E-state index contributed by atoms with van der Waals surface area (Å²) in [5.74, 6) is -0.888. The van der Waals surface area contributed by atoms with Crippen molar-refractivity contribution in [2.45, 2.75) is 94.7 Å². The highest BCUT2D eigenvalue weighted by Crippen LogP contribution is 2.70. The van der Waals surface area contributed by atoms with Crippen molar-refractivity contribution in [3.05, 3.63) is 11.6 Å². The Morgan fingerprint density at radius 2 is 1.78 bits per heavy atom. The second kappa shape index (κ2) is 5.42. The number of hydrogen-bond acceptors (Lipinski definition) is 6. The first-order valence-electron chi connectivity index (χ1n) is 10.1. The molecule has 3 saturated carbocycles. The first kappa shape index (κ1) is 19.5. The van der Waals surface area contributed by atoms with Gasteiger partial charge in [0.2, 0.25) is 0 Å². The molecule has 0 radical (unpaired) electrons. The molecule has 0 unspecified atom stereocenters. The van der Waals surface area contributed by atoms with Crippen LogP contribution in [0.1, 0.15) is 65.7 Å². The van der Waals surface area contributed by atoms with Crippen LogP contribution in [0.5, 0.6) is 0 Å². The van der Waals surface area contributed by atoms with Gasteiger partial charge in [-0.3, -0.25) is 4.79 Å². The Morgan fingerprint density at radius 3 is 2.41 bits per heavy atom. The van der Waals surface area contributed by atoms with Crippen LogP contribution in [-0.2, 0) is 4.79 Å². The highest BCUT2D eigenvalue weighted by molar-refractivity contribution is 5.87. The van der Waals surface area contributed by atoms with Gasteiger partial charge in [0.1, 0.15) is 16.8 Å². The molecule has 3 fully saturated rings. The number of Topliss-reactive ketones (excluding diaryl/α,β-unsaturated/α-hetero) is 1. The third-order valence-corrected chi connectivity index (χ3v) is 9.18. The van der Waals surface area contributed by atoms with E-state index in [1.807, 2.05) is 13.0 Å². The summed E-state index contributed by atoms with van der Waals surface area (Å²) in [5, 5.41) is 56.1. The molecule has 4 rings (SSSR count). The lowest BCUT2D eigenvalue weighted by atomic mass is 9.42. The van der Waals surface area contributed by atoms with Gasteiger partial charge in [0, 0.05) is 5.92 Å². The lowest BCUT2D eigenvalue weighted by molar-refractivity contribution is -0.312. The molecule has 0 spiro atoms. The first-order chi connectivity index (χ1) is 12.4. The van der Waals surface area contributed by atoms with Gasteiger partial charge in [-0.25, -0.2) is 0 Å². The molecule has 0 heterocycles. The van der Waals surface area contributed by atoms with E-state index >= 15 is 0 Å². The minimum atomic E-state index is -1.87. The SMILES string of the molecule is CC(=O)[C@]1(O)CC[C@@]2(O)[C@]1(C)[C@@H](O)C[C@H]1[C@@]3(C)CC[C@H](O)CC3=CC[C@@]12O. The van der Waals surface area contributed by atoms with Crippen molar-refractivity contribution in [3.63, 3.8) is 0 Å². The fraction of sp³-hybridized carbons (Fsp3) is 0.857. The zero-order valence-corrected chi connectivity index (χ0v) is 16.4. The van der Waals surface area contributed by atoms with Gasteiger partial charge in [-0.1, -0.05) is 25.5 Å². The molecule has 0 amide bonds. The van der Waals surface area contributed by atoms with E-state index in [0.717, 1.165) is 5.57 Å². The lowest BCUT2D eigenvalue weighted by Crippen LogP contribution is -2.78. The van der Waals surface area contributed by atoms with Crippen molar-refractivity contribution < 1.29 is 30.3 Å². The van der Waals surface area contributed by atoms with Gasteiger partial charge in [0.15, 0.2) is 5.78 Å². The second-order valence-corrected chi connectivity index (χ2v) is 9.96. The summed E-state index contributed by atoms with van der Waals surface area (Å²) in [6.45, 7) is 4.87. The molecule has 0 saturated heterocycles. The molecule has 6 heteroatoms. The summed E-state index contributed by atoms with van der Waals surface area (Å²) in [4.78, 5) is 12.3. The van der Waals surface area contributed by atoms with E-state index in [1.54, 1.807) is 6.92 Å². The molecule has 4 aliphatic rings. The average Bonchev–Trinajstić information content (AvgIpc) is 2.83. The van der Waals surface area contributed by atoms with Crippen molar-refractivity contribution in [1.29, 1.82) is 0 Å². The highest BCUT2D eigenvalue weighted by atomic mass is 16.4. The zero-order chi connectivity index (χ0) is 20.0. The van der Waals surface area contributed by atoms with Gasteiger partial charge in [-0.15, -0.1) is 0 Å². The molecule has 5 N–H and O–H groups in total. The fourth-order valence-electron chi connectivity index (χ4n) is 7.23. The van der Waals surface area contributed by atoms with Crippen LogP contribution >= 0.6 is 0 Å². The molecule has 4 aliphatic carbocycles. The molecule has 8 atom stereocenters. The molecule has 152 valence electrons. The van der Waals surface area contributed by atoms with E-state index in [-0.39, 0.29) is 25.7 Å². The first-order valence-corrected chi connectivity index (χ1v) is 10.1. The molecule has 6 nitrogen and oxygen atoms in total. The number of fused-ring (bicyclic) bond motifs is 5. The number of aliphatic hydroxyl groups excluding tert-OH is 2. The number of rotatable bonds is 1. The third-order valence-electron chi connectivity index (χ3n) is 9.18. The van der Waals surface area contributed by atoms with E-state index < -0.39 is 51.5 Å². The normalized spacial score (nSPS) is 57.3. The number of ketones is 1. The van der Waals surface area contributed by atoms with Crippen LogP contribution in [0.15, 0.2) is 11.6 Å². The predicted molar refractivity (Wildman–Crippen MR) is 97.7 cm³/mol. The Labute approximate surface area is 159 Å². The van der Waals surface area contributed by atoms with E-state index in [2.05, 4.69) is 0 Å². The van der Waals surface area contributed by atoms with Gasteiger partial charge < -0.3 is 25.5 Å². The zero-order valence-electron chi connectivity index (χ0n) is 16.4. The summed E-state index contributed by atoms with van der Waals surface area (Å²) in [6.07, 6.45) is 2.73. The molecular weight excluding hydrogens is 348 g/mol. The number of aliphatic hydroxyl groups is 5. The van der Waals surface area contributed by atoms with Crippen LogP contribution in [0.25, 0.3) is 0 Å². The maximum Gasteiger partial charge on any atom is 0.162 e. The lowest BCUT2D eigenvalue weighted by Gasteiger charge is -2.66. The van der Waals surface area contributed by atoms with Gasteiger partial charge in [-0.2, -0.15) is 0 Å². The third kappa shape index (κ3) is 1.96. The Balaban J connectivity index is 1.87. The van der Waals surface area contributed by atoms with E-state index in [1.165, 1.54) is 6.92 Å². The Bertz CT molecular complexity index is 719. The second-order valence-electron chi connectivity index (χ2n) is 9.96. The van der Waals surface area contributed by atoms with Gasteiger partial charge in [0.25, 0.3) is 0 Å². The van der Waals surface area contributed by atoms with Crippen LogP contribution in [0.4, 0.5) is 0 Å². The molecule has 27 heavy (non-hydrogen) atoms. The monoisotopic (exact) mass is 380 g/mol. The Hall–Kier alpha value is -0.790. The minimum Gasteiger partial charge on any atom is -0.393 e. The molecule has 0 bridgehead atoms. The number of carbonyl (C=O) groups excluding carboxylic acids is 1. The van der Waals surface area contributed by atoms with Gasteiger partial charge in [-0.05, 0) is 57.3 Å². The fourth-order valence-corrected chi connectivity index (χ4v) is 7.23. The average molecular weight is 380 g/mol. The van der Waals surface area contributed by atoms with E-state index in [4.69, 9.17) is 0 Å². The van der Waals surface area contributed by atoms with Gasteiger partial charge in [0.05, 0.1) is 17.6 Å². The van der Waals surface area contributed by atoms with Crippen molar-refractivity contribution in [2.24, 2.45) is 16.7 Å². The van der Waals surface area contributed by atoms with Crippen LogP contribution in [0.3, 0.4) is 0 Å². The number of carbonyl (C=O) groups is 1. The summed E-state index contributed by atoms with van der Waals surface area (Å²) in [7, 11) is 0. The molecule has 0 aromatic rings. The van der Waals surface area contributed by atoms with Crippen molar-refractivity contribution in [2.75, 3.05) is 0 Å². The minimum absolute atomic E-state index is 0.0213. The maximum atomic E-state index is 12.3. The topological polar surface area (TPSA) is 118 Å². The standard InChI is InChI=1S/C21H32O6/c1-12(22)19(25)8-9-21(27)18(19,3)16(24)11-15-17(2)6-5-14(23)10-13(17)4-7-20(15,21)26/h4,14-16,23-27H,5-11H2,1-3H3/t14-,15-,16-,17-,18+,19+,20+,21+/m0/s1. The summed E-state index contributed by atoms with van der Waals surface area (Å²) in [6, 6.07) is 0. The van der Waals surface area contributed by atoms with Gasteiger partial charge >= 0.3 is 0 Å². The predicted octanol–water partition coefficient (Wildman–Crippen LogP) is 0.831. The van der Waals surface area contributed by atoms with Crippen molar-refractivity contribution >= 4 is 5.78 Å². The van der Waals surface area contributed by atoms with E-state index in [9.17, 15) is 30.3 Å². The van der Waals surface area contributed by atoms with E-state index in [0.29, 0.717) is 19.3 Å². The smallest absolute Gasteiger partial charge is 0.162 e. The largest absolute Gasteiger partial charge is 0.393 e. The van der Waals surface area contributed by atoms with Crippen LogP contribution < -0.4 is 0 Å². The van der Waals surface area contributed by atoms with Crippen molar-refractivity contribution in [1.82, 2.24) is 0 Å². The Kier molecular flexibility index (Phi) is 3.92. The Morgan fingerprint density at radius 1 is 1.11 bits per heavy atom. The van der Waals surface area contributed by atoms with Crippen molar-refractivity contribution in [3.8, 4) is 0 Å². The maximum absolute atomic E-state index is 12.3. The molecule has 0 aromatic carbocycles. The van der Waals surface area contributed by atoms with Crippen LogP contribution in [-0.4, -0.2) is 60.3 Å². The molecule has 0 aliphatic heterocycles. The highest BCUT2D eigenvalue weighted by Gasteiger charge is 2.80. The van der Waals surface area contributed by atoms with Crippen LogP contribution in [0, 0.1) is 16.7 Å². The quantitative estimate of drug-likeness (QED) is 0.430. The van der Waals surface area contributed by atoms with Crippen LogP contribution in [0.2, 0.25) is 0 Å². The summed E-state index contributed by atoms with van der Waals surface area (Å²) in [5.41, 5.74) is -6.07. The molecule has 0 aromatic heterocycles. The molecular formula is C21H32O6. The summed E-state index contributed by atoms with van der Waals surface area (Å²) < 4.78 is 0.